The van der Waals surface area contributed by atoms with Gasteiger partial charge in [-0.15, -0.1) is 0 Å². The molecule has 3 atom stereocenters. The first kappa shape index (κ1) is 19.8. The second-order valence-corrected chi connectivity index (χ2v) is 6.59. The molecule has 2 aliphatic heterocycles. The summed E-state index contributed by atoms with van der Waals surface area (Å²) < 4.78 is 0. The van der Waals surface area contributed by atoms with Crippen LogP contribution < -0.4 is 5.32 Å². The van der Waals surface area contributed by atoms with Gasteiger partial charge in [0.05, 0.1) is 7.11 Å². The maximum atomic E-state index is 12.7. The van der Waals surface area contributed by atoms with Crippen LogP contribution in [0.5, 0.6) is 0 Å². The summed E-state index contributed by atoms with van der Waals surface area (Å²) >= 11 is 0. The van der Waals surface area contributed by atoms with Crippen molar-refractivity contribution >= 4 is 29.5 Å². The fourth-order valence-electron chi connectivity index (χ4n) is 3.37. The molecule has 144 valence electrons. The van der Waals surface area contributed by atoms with Crippen LogP contribution in [0, 0.1) is 0 Å². The maximum absolute atomic E-state index is 12.7. The van der Waals surface area contributed by atoms with Gasteiger partial charge in [-0.25, -0.2) is 4.79 Å². The lowest BCUT2D eigenvalue weighted by Gasteiger charge is -2.40. The number of carbonyl (C=O) groups is 5. The highest BCUT2D eigenvalue weighted by atomic mass is 16.7. The van der Waals surface area contributed by atoms with E-state index in [1.54, 1.807) is 0 Å². The van der Waals surface area contributed by atoms with E-state index in [-0.39, 0.29) is 19.4 Å². The van der Waals surface area contributed by atoms with Crippen LogP contribution in [0.2, 0.25) is 0 Å². The molecule has 2 N–H and O–H groups in total. The van der Waals surface area contributed by atoms with Crippen molar-refractivity contribution in [2.45, 2.75) is 57.2 Å². The Morgan fingerprint density at radius 1 is 1.31 bits per heavy atom. The quantitative estimate of drug-likeness (QED) is 0.599. The number of nitrogens with zero attached hydrogens (tertiary/aromatic N) is 2. The zero-order valence-corrected chi connectivity index (χ0v) is 15.0. The minimum Gasteiger partial charge on any atom is -0.480 e. The number of Topliss-reactive ketones (excluding diaryl/α,β-unsaturated/α-hetero) is 1. The average Bonchev–Trinajstić information content (AvgIpc) is 3.08. The van der Waals surface area contributed by atoms with Crippen molar-refractivity contribution in [3.8, 4) is 0 Å². The third-order valence-corrected chi connectivity index (χ3v) is 4.91. The number of piperidine rings is 1. The van der Waals surface area contributed by atoms with Gasteiger partial charge in [-0.3, -0.25) is 24.0 Å². The van der Waals surface area contributed by atoms with Crippen molar-refractivity contribution in [3.63, 3.8) is 0 Å². The lowest BCUT2D eigenvalue weighted by molar-refractivity contribution is -0.213. The summed E-state index contributed by atoms with van der Waals surface area (Å²) in [6.07, 6.45) is 0.756. The van der Waals surface area contributed by atoms with Crippen LogP contribution in [0.3, 0.4) is 0 Å². The number of aliphatic carboxylic acids is 1. The molecule has 3 amide bonds. The molecular weight excluding hydrogens is 346 g/mol. The number of nitrogens with one attached hydrogen (secondary N) is 1. The predicted octanol–water partition coefficient (Wildman–Crippen LogP) is -0.922. The van der Waals surface area contributed by atoms with Crippen molar-refractivity contribution in [3.05, 3.63) is 0 Å². The molecule has 0 saturated carbocycles. The molecule has 0 spiro atoms. The van der Waals surface area contributed by atoms with Crippen LogP contribution in [-0.2, 0) is 28.8 Å². The first-order valence-corrected chi connectivity index (χ1v) is 8.39. The molecule has 0 bridgehead atoms. The lowest BCUT2D eigenvalue weighted by atomic mass is 9.87. The van der Waals surface area contributed by atoms with Crippen LogP contribution in [0.4, 0.5) is 0 Å². The van der Waals surface area contributed by atoms with Crippen LogP contribution >= 0.6 is 0 Å². The Morgan fingerprint density at radius 3 is 2.54 bits per heavy atom. The summed E-state index contributed by atoms with van der Waals surface area (Å²) in [6.45, 7) is 2.96. The van der Waals surface area contributed by atoms with E-state index in [0.717, 1.165) is 5.06 Å². The highest BCUT2D eigenvalue weighted by Crippen LogP contribution is 2.26. The number of likely N-dealkylation sites (tertiary alicyclic amines) is 1. The van der Waals surface area contributed by atoms with E-state index in [9.17, 15) is 29.1 Å². The van der Waals surface area contributed by atoms with Gasteiger partial charge in [-0.05, 0) is 26.7 Å². The SMILES string of the molecule is CON1C(=O)CCC(=O)[C@]1(C)C(=O)N[C@@H](C)C(=O)N1CCC[C@H]1C(=O)O. The van der Waals surface area contributed by atoms with E-state index in [2.05, 4.69) is 5.32 Å². The third kappa shape index (κ3) is 3.28. The monoisotopic (exact) mass is 369 g/mol. The summed E-state index contributed by atoms with van der Waals surface area (Å²) in [7, 11) is 1.18. The van der Waals surface area contributed by atoms with Gasteiger partial charge in [0.1, 0.15) is 12.1 Å². The van der Waals surface area contributed by atoms with Gasteiger partial charge in [0.2, 0.25) is 17.4 Å². The Bertz CT molecular complexity index is 650. The van der Waals surface area contributed by atoms with Gasteiger partial charge in [-0.1, -0.05) is 0 Å². The number of hydrogen-bond donors (Lipinski definition) is 2. The molecule has 10 nitrogen and oxygen atoms in total. The van der Waals surface area contributed by atoms with Crippen molar-refractivity contribution in [2.24, 2.45) is 0 Å². The zero-order chi connectivity index (χ0) is 19.6. The number of amides is 3. The van der Waals surface area contributed by atoms with Crippen molar-refractivity contribution in [1.29, 1.82) is 0 Å². The van der Waals surface area contributed by atoms with Gasteiger partial charge < -0.3 is 15.3 Å². The molecule has 0 unspecified atom stereocenters. The Balaban J connectivity index is 2.14. The second-order valence-electron chi connectivity index (χ2n) is 6.59. The molecule has 26 heavy (non-hydrogen) atoms. The minimum absolute atomic E-state index is 0.0574. The topological polar surface area (TPSA) is 133 Å². The van der Waals surface area contributed by atoms with Gasteiger partial charge in [-0.2, -0.15) is 5.06 Å². The molecule has 10 heteroatoms. The summed E-state index contributed by atoms with van der Waals surface area (Å²) in [4.78, 5) is 66.9. The van der Waals surface area contributed by atoms with Crippen molar-refractivity contribution < 1.29 is 33.9 Å². The summed E-state index contributed by atoms with van der Waals surface area (Å²) in [5.41, 5.74) is -1.88. The number of hydroxylamine groups is 2. The molecule has 2 fully saturated rings. The number of hydrogen-bond acceptors (Lipinski definition) is 6. The first-order chi connectivity index (χ1) is 12.1. The van der Waals surface area contributed by atoms with Gasteiger partial charge in [0.25, 0.3) is 5.91 Å². The van der Waals surface area contributed by atoms with E-state index in [0.29, 0.717) is 12.8 Å². The molecule has 2 saturated heterocycles. The van der Waals surface area contributed by atoms with Crippen LogP contribution in [0.15, 0.2) is 0 Å². The number of carboxylic acids is 1. The fourth-order valence-corrected chi connectivity index (χ4v) is 3.37. The highest BCUT2D eigenvalue weighted by molar-refractivity contribution is 6.15. The summed E-state index contributed by atoms with van der Waals surface area (Å²) in [5, 5.41) is 12.3. The molecule has 0 radical (unpaired) electrons. The molecular formula is C16H23N3O7. The van der Waals surface area contributed by atoms with Crippen molar-refractivity contribution in [2.75, 3.05) is 13.7 Å². The van der Waals surface area contributed by atoms with E-state index in [4.69, 9.17) is 4.84 Å². The largest absolute Gasteiger partial charge is 0.480 e. The van der Waals surface area contributed by atoms with Crippen molar-refractivity contribution in [1.82, 2.24) is 15.3 Å². The lowest BCUT2D eigenvalue weighted by Crippen LogP contribution is -2.67. The fraction of sp³-hybridized carbons (Fsp3) is 0.688. The Morgan fingerprint density at radius 2 is 1.96 bits per heavy atom. The molecule has 2 rings (SSSR count). The van der Waals surface area contributed by atoms with Crippen LogP contribution in [-0.4, -0.2) is 75.8 Å². The normalized spacial score (nSPS) is 27.4. The average molecular weight is 369 g/mol. The number of rotatable bonds is 5. The molecule has 0 aromatic rings. The maximum Gasteiger partial charge on any atom is 0.326 e. The number of carbonyl (C=O) groups excluding carboxylic acids is 4. The third-order valence-electron chi connectivity index (χ3n) is 4.91. The number of carboxylic acid groups (broad SMARTS) is 1. The Labute approximate surface area is 150 Å². The molecule has 0 aliphatic carbocycles. The zero-order valence-electron chi connectivity index (χ0n) is 15.0. The van der Waals surface area contributed by atoms with Crippen LogP contribution in [0.25, 0.3) is 0 Å². The van der Waals surface area contributed by atoms with E-state index in [1.165, 1.54) is 25.9 Å². The van der Waals surface area contributed by atoms with Gasteiger partial charge in [0, 0.05) is 19.4 Å². The van der Waals surface area contributed by atoms with Gasteiger partial charge in [0.15, 0.2) is 5.78 Å². The predicted molar refractivity (Wildman–Crippen MR) is 86.5 cm³/mol. The molecule has 2 aliphatic rings. The molecule has 0 aromatic heterocycles. The smallest absolute Gasteiger partial charge is 0.326 e. The minimum atomic E-state index is -1.88. The highest BCUT2D eigenvalue weighted by Gasteiger charge is 2.53. The molecule has 2 heterocycles. The van der Waals surface area contributed by atoms with E-state index >= 15 is 0 Å². The van der Waals surface area contributed by atoms with Gasteiger partial charge >= 0.3 is 5.97 Å². The Hall–Kier alpha value is -2.49. The standard InChI is InChI=1S/C16H23N3O7/c1-9(13(22)18-8-4-5-10(18)14(23)24)17-15(25)16(2)11(20)6-7-12(21)19(16)26-3/h9-10H,4-8H2,1-3H3,(H,17,25)(H,23,24)/t9-,10-,16+/m0/s1. The van der Waals surface area contributed by atoms with E-state index < -0.39 is 47.1 Å². The number of ketones is 1. The Kier molecular flexibility index (Phi) is 5.65. The molecule has 0 aromatic carbocycles. The summed E-state index contributed by atoms with van der Waals surface area (Å²) in [5.74, 6) is -3.50. The van der Waals surface area contributed by atoms with Crippen LogP contribution in [0.1, 0.15) is 39.5 Å². The second kappa shape index (κ2) is 7.40. The summed E-state index contributed by atoms with van der Waals surface area (Å²) in [6, 6.07) is -1.98. The van der Waals surface area contributed by atoms with E-state index in [1.807, 2.05) is 0 Å². The first-order valence-electron chi connectivity index (χ1n) is 8.39.